The van der Waals surface area contributed by atoms with Crippen molar-refractivity contribution in [2.75, 3.05) is 13.0 Å². The Morgan fingerprint density at radius 2 is 2.05 bits per heavy atom. The van der Waals surface area contributed by atoms with Crippen LogP contribution in [-0.4, -0.2) is 18.6 Å². The summed E-state index contributed by atoms with van der Waals surface area (Å²) in [5.41, 5.74) is 3.05. The van der Waals surface area contributed by atoms with Crippen molar-refractivity contribution in [1.29, 1.82) is 0 Å². The molecule has 2 rings (SSSR count). The highest BCUT2D eigenvalue weighted by Crippen LogP contribution is 2.43. The third-order valence-corrected chi connectivity index (χ3v) is 5.22. The quantitative estimate of drug-likeness (QED) is 0.710. The van der Waals surface area contributed by atoms with E-state index in [1.54, 1.807) is 7.11 Å². The number of halogens is 1. The summed E-state index contributed by atoms with van der Waals surface area (Å²) < 4.78 is 5.56. The third-order valence-electron chi connectivity index (χ3n) is 4.70. The summed E-state index contributed by atoms with van der Waals surface area (Å²) in [5.74, 6) is 0.712. The van der Waals surface area contributed by atoms with Crippen LogP contribution in [0.4, 0.5) is 0 Å². The van der Waals surface area contributed by atoms with Crippen LogP contribution in [-0.2, 0) is 16.6 Å². The molecule has 1 unspecified atom stereocenters. The van der Waals surface area contributed by atoms with Crippen molar-refractivity contribution >= 4 is 11.6 Å². The summed E-state index contributed by atoms with van der Waals surface area (Å²) >= 11 is 6.40. The lowest BCUT2D eigenvalue weighted by Crippen LogP contribution is -2.36. The monoisotopic (exact) mass is 280 g/mol. The lowest BCUT2D eigenvalue weighted by Gasteiger charge is -2.40. The van der Waals surface area contributed by atoms with Gasteiger partial charge in [-0.05, 0) is 57.1 Å². The number of alkyl halides is 1. The zero-order valence-electron chi connectivity index (χ0n) is 12.3. The second-order valence-electron chi connectivity index (χ2n) is 6.39. The molecular weight excluding hydrogens is 256 g/mol. The average Bonchev–Trinajstić information content (AvgIpc) is 2.45. The maximum atomic E-state index is 6.40. The van der Waals surface area contributed by atoms with E-state index in [-0.39, 0.29) is 11.0 Å². The topological polar surface area (TPSA) is 9.23 Å². The van der Waals surface area contributed by atoms with Crippen LogP contribution in [0.5, 0.6) is 0 Å². The molecule has 2 heteroatoms. The number of ether oxygens (including phenoxy) is 1. The Hall–Kier alpha value is -0.530. The molecule has 0 aromatic heterocycles. The standard InChI is InChI=1S/C17H25ClO/c1-16(2,19-3)11-12-17(13-18)10-6-8-14-7-4-5-9-15(14)17/h4-5,7,9H,6,8,10-13H2,1-3H3. The molecule has 0 saturated carbocycles. The number of benzene rings is 1. The highest BCUT2D eigenvalue weighted by molar-refractivity contribution is 6.18. The van der Waals surface area contributed by atoms with E-state index in [1.165, 1.54) is 30.4 Å². The Labute approximate surface area is 122 Å². The van der Waals surface area contributed by atoms with E-state index in [2.05, 4.69) is 38.1 Å². The van der Waals surface area contributed by atoms with Gasteiger partial charge in [-0.15, -0.1) is 11.6 Å². The first-order chi connectivity index (χ1) is 9.03. The minimum Gasteiger partial charge on any atom is -0.379 e. The second-order valence-corrected chi connectivity index (χ2v) is 6.66. The fourth-order valence-corrected chi connectivity index (χ4v) is 3.53. The van der Waals surface area contributed by atoms with Gasteiger partial charge in [-0.25, -0.2) is 0 Å². The van der Waals surface area contributed by atoms with Gasteiger partial charge < -0.3 is 4.74 Å². The zero-order valence-corrected chi connectivity index (χ0v) is 13.1. The number of methoxy groups -OCH3 is 1. The van der Waals surface area contributed by atoms with E-state index in [0.717, 1.165) is 12.8 Å². The third kappa shape index (κ3) is 3.14. The Kier molecular flexibility index (Phi) is 4.58. The predicted octanol–water partition coefficient (Wildman–Crippen LogP) is 4.70. The van der Waals surface area contributed by atoms with Crippen molar-refractivity contribution in [2.45, 2.75) is 57.0 Å². The van der Waals surface area contributed by atoms with Crippen molar-refractivity contribution in [1.82, 2.24) is 0 Å². The van der Waals surface area contributed by atoms with Gasteiger partial charge in [0, 0.05) is 18.4 Å². The van der Waals surface area contributed by atoms with Gasteiger partial charge in [0.1, 0.15) is 0 Å². The first-order valence-electron chi connectivity index (χ1n) is 7.22. The number of aryl methyl sites for hydroxylation is 1. The van der Waals surface area contributed by atoms with Crippen LogP contribution in [0.2, 0.25) is 0 Å². The van der Waals surface area contributed by atoms with Crippen LogP contribution in [0.25, 0.3) is 0 Å². The van der Waals surface area contributed by atoms with Gasteiger partial charge in [0.05, 0.1) is 5.60 Å². The minimum absolute atomic E-state index is 0.0640. The fraction of sp³-hybridized carbons (Fsp3) is 0.647. The van der Waals surface area contributed by atoms with Crippen LogP contribution in [0.1, 0.15) is 50.7 Å². The molecule has 0 bridgehead atoms. The van der Waals surface area contributed by atoms with E-state index in [4.69, 9.17) is 16.3 Å². The number of rotatable bonds is 5. The predicted molar refractivity (Wildman–Crippen MR) is 82.1 cm³/mol. The maximum absolute atomic E-state index is 6.40. The van der Waals surface area contributed by atoms with Gasteiger partial charge >= 0.3 is 0 Å². The van der Waals surface area contributed by atoms with E-state index >= 15 is 0 Å². The average molecular weight is 281 g/mol. The van der Waals surface area contributed by atoms with Gasteiger partial charge in [0.15, 0.2) is 0 Å². The molecule has 0 fully saturated rings. The van der Waals surface area contributed by atoms with Crippen LogP contribution in [0.3, 0.4) is 0 Å². The molecule has 0 saturated heterocycles. The molecule has 1 aromatic carbocycles. The SMILES string of the molecule is COC(C)(C)CCC1(CCl)CCCc2ccccc21. The van der Waals surface area contributed by atoms with Gasteiger partial charge in [-0.2, -0.15) is 0 Å². The summed E-state index contributed by atoms with van der Waals surface area (Å²) in [7, 11) is 1.79. The molecule has 1 aliphatic carbocycles. The lowest BCUT2D eigenvalue weighted by atomic mass is 9.68. The van der Waals surface area contributed by atoms with Crippen molar-refractivity contribution in [3.8, 4) is 0 Å². The Morgan fingerprint density at radius 1 is 1.32 bits per heavy atom. The molecule has 1 aromatic rings. The molecule has 0 amide bonds. The van der Waals surface area contributed by atoms with E-state index < -0.39 is 0 Å². The first kappa shape index (κ1) is 14.9. The highest BCUT2D eigenvalue weighted by Gasteiger charge is 2.36. The molecule has 0 heterocycles. The first-order valence-corrected chi connectivity index (χ1v) is 7.76. The zero-order chi connectivity index (χ0) is 13.9. The molecule has 1 atom stereocenters. The van der Waals surface area contributed by atoms with Gasteiger partial charge in [0.25, 0.3) is 0 Å². The highest BCUT2D eigenvalue weighted by atomic mass is 35.5. The smallest absolute Gasteiger partial charge is 0.0623 e. The Bertz CT molecular complexity index is 427. The Balaban J connectivity index is 2.24. The summed E-state index contributed by atoms with van der Waals surface area (Å²) in [5, 5.41) is 0. The minimum atomic E-state index is -0.0640. The molecule has 0 spiro atoms. The maximum Gasteiger partial charge on any atom is 0.0623 e. The Morgan fingerprint density at radius 3 is 2.74 bits per heavy atom. The van der Waals surface area contributed by atoms with Gasteiger partial charge in [-0.3, -0.25) is 0 Å². The van der Waals surface area contributed by atoms with Crippen LogP contribution in [0.15, 0.2) is 24.3 Å². The lowest BCUT2D eigenvalue weighted by molar-refractivity contribution is 0.00859. The van der Waals surface area contributed by atoms with Gasteiger partial charge in [-0.1, -0.05) is 24.3 Å². The summed E-state index contributed by atoms with van der Waals surface area (Å²) in [6, 6.07) is 8.82. The second kappa shape index (κ2) is 5.85. The summed E-state index contributed by atoms with van der Waals surface area (Å²) in [4.78, 5) is 0. The molecule has 0 radical (unpaired) electrons. The van der Waals surface area contributed by atoms with Crippen molar-refractivity contribution in [3.05, 3.63) is 35.4 Å². The molecule has 1 aliphatic rings. The molecule has 0 N–H and O–H groups in total. The summed E-state index contributed by atoms with van der Waals surface area (Å²) in [6.45, 7) is 4.31. The molecule has 1 nitrogen and oxygen atoms in total. The summed E-state index contributed by atoms with van der Waals surface area (Å²) in [6.07, 6.45) is 5.80. The molecular formula is C17H25ClO. The van der Waals surface area contributed by atoms with Gasteiger partial charge in [0.2, 0.25) is 0 Å². The normalized spacial score (nSPS) is 23.2. The van der Waals surface area contributed by atoms with Crippen LogP contribution in [0, 0.1) is 0 Å². The molecule has 19 heavy (non-hydrogen) atoms. The van der Waals surface area contributed by atoms with Crippen molar-refractivity contribution in [3.63, 3.8) is 0 Å². The fourth-order valence-electron chi connectivity index (χ4n) is 3.12. The molecule has 106 valence electrons. The van der Waals surface area contributed by atoms with Crippen LogP contribution < -0.4 is 0 Å². The number of hydrogen-bond acceptors (Lipinski definition) is 1. The number of fused-ring (bicyclic) bond motifs is 1. The van der Waals surface area contributed by atoms with E-state index in [0.29, 0.717) is 5.88 Å². The largest absolute Gasteiger partial charge is 0.379 e. The number of hydrogen-bond donors (Lipinski definition) is 0. The van der Waals surface area contributed by atoms with E-state index in [1.807, 2.05) is 0 Å². The van der Waals surface area contributed by atoms with Crippen molar-refractivity contribution < 1.29 is 4.74 Å². The van der Waals surface area contributed by atoms with E-state index in [9.17, 15) is 0 Å². The molecule has 0 aliphatic heterocycles. The van der Waals surface area contributed by atoms with Crippen molar-refractivity contribution in [2.24, 2.45) is 0 Å². The van der Waals surface area contributed by atoms with Crippen LogP contribution >= 0.6 is 11.6 Å².